The van der Waals surface area contributed by atoms with Gasteiger partial charge in [-0.05, 0) is 131 Å². The van der Waals surface area contributed by atoms with Gasteiger partial charge < -0.3 is 9.32 Å². The zero-order valence-electron chi connectivity index (χ0n) is 29.6. The molecular weight excluding hydrogens is 643 g/mol. The Morgan fingerprint density at radius 3 is 2.00 bits per heavy atom. The van der Waals surface area contributed by atoms with Crippen molar-refractivity contribution in [2.75, 3.05) is 4.90 Å². The van der Waals surface area contributed by atoms with Crippen LogP contribution in [0.15, 0.2) is 168 Å². The Kier molecular flexibility index (Phi) is 6.20. The van der Waals surface area contributed by atoms with Gasteiger partial charge in [0.1, 0.15) is 11.2 Å². The van der Waals surface area contributed by atoms with Crippen LogP contribution in [0.1, 0.15) is 36.8 Å². The van der Waals surface area contributed by atoms with Gasteiger partial charge in [-0.1, -0.05) is 115 Å². The molecule has 5 aliphatic rings. The molecule has 13 rings (SSSR count). The molecule has 0 saturated heterocycles. The highest BCUT2D eigenvalue weighted by Gasteiger charge is 2.66. The quantitative estimate of drug-likeness (QED) is 0.180. The highest BCUT2D eigenvalue weighted by atomic mass is 16.3. The molecule has 2 nitrogen and oxygen atoms in total. The van der Waals surface area contributed by atoms with Crippen LogP contribution in [-0.4, -0.2) is 0 Å². The average Bonchev–Trinajstić information content (AvgIpc) is 3.89. The van der Waals surface area contributed by atoms with Gasteiger partial charge in [0.25, 0.3) is 0 Å². The van der Waals surface area contributed by atoms with Gasteiger partial charge in [0, 0.05) is 39.2 Å². The molecule has 7 aromatic carbocycles. The second kappa shape index (κ2) is 11.1. The molecule has 4 saturated carbocycles. The summed E-state index contributed by atoms with van der Waals surface area (Å²) in [4.78, 5) is 2.47. The summed E-state index contributed by atoms with van der Waals surface area (Å²) in [5.41, 5.74) is 16.3. The molecule has 1 spiro atoms. The number of anilines is 3. The number of rotatable bonds is 5. The van der Waals surface area contributed by atoms with E-state index in [-0.39, 0.29) is 5.41 Å². The van der Waals surface area contributed by atoms with E-state index in [9.17, 15) is 0 Å². The molecular formula is C51H39NO. The molecule has 2 heteroatoms. The van der Waals surface area contributed by atoms with Crippen molar-refractivity contribution in [2.45, 2.75) is 31.1 Å². The number of hydrogen-bond donors (Lipinski definition) is 0. The second-order valence-electron chi connectivity index (χ2n) is 16.1. The molecule has 254 valence electrons. The maximum atomic E-state index is 6.50. The van der Waals surface area contributed by atoms with Crippen LogP contribution in [0.2, 0.25) is 0 Å². The van der Waals surface area contributed by atoms with Gasteiger partial charge in [0.15, 0.2) is 0 Å². The van der Waals surface area contributed by atoms with Crippen molar-refractivity contribution in [2.24, 2.45) is 23.7 Å². The van der Waals surface area contributed by atoms with Gasteiger partial charge >= 0.3 is 0 Å². The Morgan fingerprint density at radius 2 is 1.15 bits per heavy atom. The van der Waals surface area contributed by atoms with Gasteiger partial charge in [0.2, 0.25) is 0 Å². The first kappa shape index (κ1) is 29.7. The maximum Gasteiger partial charge on any atom is 0.137 e. The monoisotopic (exact) mass is 681 g/mol. The fourth-order valence-electron chi connectivity index (χ4n) is 11.8. The average molecular weight is 682 g/mol. The minimum atomic E-state index is 0.121. The number of para-hydroxylation sites is 2. The standard InChI is InChI=1S/C51H39NO/c1-3-11-33(12-4-1)35-19-23-45-43(29-35)44-30-38(21-24-46(44)51(45)37-26-32-25-36(28-37)47(51)27-32)52(48-17-9-7-15-40(48)34-13-5-2-6-14-34)39-20-22-42-41-16-8-10-18-49(41)53-50(42)31-39/h1-24,29-32,36-37,47H,25-28H2. The molecule has 5 atom stereocenters. The Hall–Kier alpha value is -5.86. The summed E-state index contributed by atoms with van der Waals surface area (Å²) in [5.74, 6) is 3.24. The molecule has 1 aromatic heterocycles. The summed E-state index contributed by atoms with van der Waals surface area (Å²) in [6, 6.07) is 60.7. The largest absolute Gasteiger partial charge is 0.456 e. The fraction of sp³-hybridized carbons (Fsp3) is 0.176. The van der Waals surface area contributed by atoms with Crippen molar-refractivity contribution in [3.63, 3.8) is 0 Å². The molecule has 8 aromatic rings. The van der Waals surface area contributed by atoms with E-state index in [0.29, 0.717) is 0 Å². The van der Waals surface area contributed by atoms with E-state index >= 15 is 0 Å². The Morgan fingerprint density at radius 1 is 0.472 bits per heavy atom. The summed E-state index contributed by atoms with van der Waals surface area (Å²) in [6.45, 7) is 0. The molecule has 4 bridgehead atoms. The smallest absolute Gasteiger partial charge is 0.137 e. The molecule has 0 aliphatic heterocycles. The Labute approximate surface area is 310 Å². The molecule has 4 fully saturated rings. The van der Waals surface area contributed by atoms with Crippen LogP contribution in [0.4, 0.5) is 17.1 Å². The van der Waals surface area contributed by atoms with E-state index in [1.165, 1.54) is 64.8 Å². The predicted octanol–water partition coefficient (Wildman–Crippen LogP) is 13.7. The second-order valence-corrected chi connectivity index (χ2v) is 16.1. The predicted molar refractivity (Wildman–Crippen MR) is 218 cm³/mol. The number of hydrogen-bond acceptors (Lipinski definition) is 2. The minimum absolute atomic E-state index is 0.121. The third-order valence-electron chi connectivity index (χ3n) is 13.6. The van der Waals surface area contributed by atoms with Crippen molar-refractivity contribution in [3.05, 3.63) is 175 Å². The zero-order valence-corrected chi connectivity index (χ0v) is 29.6. The number of furan rings is 1. The lowest BCUT2D eigenvalue weighted by Gasteiger charge is -2.44. The van der Waals surface area contributed by atoms with E-state index < -0.39 is 0 Å². The van der Waals surface area contributed by atoms with Crippen LogP contribution in [0.3, 0.4) is 0 Å². The molecule has 53 heavy (non-hydrogen) atoms. The summed E-state index contributed by atoms with van der Waals surface area (Å²) < 4.78 is 6.50. The first-order valence-corrected chi connectivity index (χ1v) is 19.4. The maximum absolute atomic E-state index is 6.50. The normalized spacial score (nSPS) is 23.2. The third kappa shape index (κ3) is 4.15. The van der Waals surface area contributed by atoms with Crippen LogP contribution < -0.4 is 4.90 Å². The van der Waals surface area contributed by atoms with Crippen LogP contribution in [-0.2, 0) is 5.41 Å². The summed E-state index contributed by atoms with van der Waals surface area (Å²) in [6.07, 6.45) is 5.58. The summed E-state index contributed by atoms with van der Waals surface area (Å²) >= 11 is 0. The first-order chi connectivity index (χ1) is 26.2. The Balaban J connectivity index is 1.10. The zero-order chi connectivity index (χ0) is 34.7. The topological polar surface area (TPSA) is 16.4 Å². The van der Waals surface area contributed by atoms with E-state index in [0.717, 1.165) is 57.0 Å². The third-order valence-corrected chi connectivity index (χ3v) is 13.6. The lowest BCUT2D eigenvalue weighted by Crippen LogP contribution is -2.40. The number of nitrogens with zero attached hydrogens (tertiary/aromatic N) is 1. The fourth-order valence-corrected chi connectivity index (χ4v) is 11.8. The van der Waals surface area contributed by atoms with Crippen molar-refractivity contribution in [1.29, 1.82) is 0 Å². The van der Waals surface area contributed by atoms with Gasteiger partial charge in [0.05, 0.1) is 5.69 Å². The molecule has 0 N–H and O–H groups in total. The molecule has 0 amide bonds. The molecule has 1 heterocycles. The van der Waals surface area contributed by atoms with Crippen LogP contribution >= 0.6 is 0 Å². The van der Waals surface area contributed by atoms with Crippen molar-refractivity contribution < 1.29 is 4.42 Å². The first-order valence-electron chi connectivity index (χ1n) is 19.4. The highest BCUT2D eigenvalue weighted by molar-refractivity contribution is 6.06. The minimum Gasteiger partial charge on any atom is -0.456 e. The number of benzene rings is 7. The van der Waals surface area contributed by atoms with Gasteiger partial charge in [-0.25, -0.2) is 0 Å². The van der Waals surface area contributed by atoms with Crippen molar-refractivity contribution >= 4 is 39.0 Å². The lowest BCUT2D eigenvalue weighted by atomic mass is 9.59. The molecule has 5 aliphatic carbocycles. The van der Waals surface area contributed by atoms with Crippen molar-refractivity contribution in [1.82, 2.24) is 0 Å². The van der Waals surface area contributed by atoms with Crippen LogP contribution in [0.5, 0.6) is 0 Å². The SMILES string of the molecule is c1ccc(-c2ccc3c(c2)-c2cc(N(c4ccc5c(c4)oc4ccccc45)c4ccccc4-c4ccccc4)ccc2C32C3CC4CC(C3)C2C4)cc1. The molecule has 5 unspecified atom stereocenters. The van der Waals surface area contributed by atoms with Crippen LogP contribution in [0.25, 0.3) is 55.3 Å². The Bertz CT molecular complexity index is 2720. The van der Waals surface area contributed by atoms with E-state index in [2.05, 4.69) is 163 Å². The summed E-state index contributed by atoms with van der Waals surface area (Å²) in [5, 5.41) is 2.30. The van der Waals surface area contributed by atoms with E-state index in [1.807, 2.05) is 6.07 Å². The van der Waals surface area contributed by atoms with Gasteiger partial charge in [-0.3, -0.25) is 0 Å². The van der Waals surface area contributed by atoms with Gasteiger partial charge in [-0.2, -0.15) is 0 Å². The van der Waals surface area contributed by atoms with Gasteiger partial charge in [-0.15, -0.1) is 0 Å². The van der Waals surface area contributed by atoms with E-state index in [4.69, 9.17) is 4.42 Å². The molecule has 0 radical (unpaired) electrons. The number of fused-ring (bicyclic) bond motifs is 6. The van der Waals surface area contributed by atoms with E-state index in [1.54, 1.807) is 11.1 Å². The lowest BCUT2D eigenvalue weighted by molar-refractivity contribution is 0.191. The van der Waals surface area contributed by atoms with Crippen molar-refractivity contribution in [3.8, 4) is 33.4 Å². The highest BCUT2D eigenvalue weighted by Crippen LogP contribution is 2.73. The summed E-state index contributed by atoms with van der Waals surface area (Å²) in [7, 11) is 0. The van der Waals surface area contributed by atoms with Crippen LogP contribution in [0, 0.1) is 23.7 Å².